The first-order chi connectivity index (χ1) is 9.02. The van der Waals surface area contributed by atoms with Gasteiger partial charge in [-0.2, -0.15) is 0 Å². The van der Waals surface area contributed by atoms with E-state index < -0.39 is 0 Å². The Hall–Kier alpha value is -0.610. The topological polar surface area (TPSA) is 47.6 Å². The zero-order chi connectivity index (χ0) is 13.9. The summed E-state index contributed by atoms with van der Waals surface area (Å²) in [7, 11) is 1.69. The van der Waals surface area contributed by atoms with Crippen LogP contribution in [0.4, 0.5) is 0 Å². The summed E-state index contributed by atoms with van der Waals surface area (Å²) in [4.78, 5) is 12.0. The molecule has 110 valence electrons. The number of carbonyl (C=O) groups is 1. The molecule has 1 aliphatic carbocycles. The molecule has 1 heterocycles. The van der Waals surface area contributed by atoms with Crippen LogP contribution in [0.2, 0.25) is 0 Å². The van der Waals surface area contributed by atoms with Gasteiger partial charge in [-0.25, -0.2) is 0 Å². The fourth-order valence-corrected chi connectivity index (χ4v) is 3.10. The van der Waals surface area contributed by atoms with E-state index in [9.17, 15) is 4.79 Å². The van der Waals surface area contributed by atoms with Crippen LogP contribution in [0.25, 0.3) is 0 Å². The zero-order valence-electron chi connectivity index (χ0n) is 12.4. The molecule has 4 nitrogen and oxygen atoms in total. The van der Waals surface area contributed by atoms with E-state index in [0.29, 0.717) is 18.6 Å². The second kappa shape index (κ2) is 6.23. The Balaban J connectivity index is 1.72. The summed E-state index contributed by atoms with van der Waals surface area (Å²) in [6, 6.07) is 0.459. The van der Waals surface area contributed by atoms with Gasteiger partial charge in [0.1, 0.15) is 6.04 Å². The molecule has 0 aromatic carbocycles. The number of nitrogens with one attached hydrogen (secondary N) is 1. The lowest BCUT2D eigenvalue weighted by Gasteiger charge is -2.24. The number of ether oxygens (including phenoxy) is 2. The maximum Gasteiger partial charge on any atom is 0.323 e. The van der Waals surface area contributed by atoms with Crippen LogP contribution in [0.3, 0.4) is 0 Å². The van der Waals surface area contributed by atoms with Crippen molar-refractivity contribution in [3.63, 3.8) is 0 Å². The number of carbonyl (C=O) groups excluding carboxylic acids is 1. The van der Waals surface area contributed by atoms with Crippen LogP contribution in [-0.2, 0) is 14.3 Å². The molecule has 3 unspecified atom stereocenters. The summed E-state index contributed by atoms with van der Waals surface area (Å²) >= 11 is 0. The number of hydrogen-bond acceptors (Lipinski definition) is 4. The molecule has 3 atom stereocenters. The van der Waals surface area contributed by atoms with E-state index in [2.05, 4.69) is 5.32 Å². The first-order valence-corrected chi connectivity index (χ1v) is 7.50. The van der Waals surface area contributed by atoms with Crippen molar-refractivity contribution in [1.82, 2.24) is 5.32 Å². The van der Waals surface area contributed by atoms with E-state index in [4.69, 9.17) is 9.47 Å². The van der Waals surface area contributed by atoms with Crippen molar-refractivity contribution in [3.8, 4) is 0 Å². The second-order valence-electron chi connectivity index (χ2n) is 6.49. The minimum absolute atomic E-state index is 0.0821. The van der Waals surface area contributed by atoms with Crippen molar-refractivity contribution in [2.24, 2.45) is 5.92 Å². The van der Waals surface area contributed by atoms with Crippen LogP contribution in [0, 0.1) is 5.92 Å². The van der Waals surface area contributed by atoms with Crippen LogP contribution in [0.5, 0.6) is 0 Å². The molecule has 19 heavy (non-hydrogen) atoms. The van der Waals surface area contributed by atoms with Crippen molar-refractivity contribution in [1.29, 1.82) is 0 Å². The van der Waals surface area contributed by atoms with Crippen LogP contribution >= 0.6 is 0 Å². The summed E-state index contributed by atoms with van der Waals surface area (Å²) in [6.07, 6.45) is 6.76. The van der Waals surface area contributed by atoms with Crippen molar-refractivity contribution in [2.75, 3.05) is 13.7 Å². The average Bonchev–Trinajstić information content (AvgIpc) is 2.82. The molecule has 2 fully saturated rings. The third kappa shape index (κ3) is 3.93. The summed E-state index contributed by atoms with van der Waals surface area (Å²) in [6.45, 7) is 4.44. The van der Waals surface area contributed by atoms with E-state index in [1.54, 1.807) is 7.11 Å². The van der Waals surface area contributed by atoms with Gasteiger partial charge in [-0.15, -0.1) is 0 Å². The van der Waals surface area contributed by atoms with Gasteiger partial charge < -0.3 is 14.8 Å². The van der Waals surface area contributed by atoms with Crippen molar-refractivity contribution >= 4 is 5.97 Å². The Morgan fingerprint density at radius 1 is 1.32 bits per heavy atom. The van der Waals surface area contributed by atoms with E-state index in [1.165, 1.54) is 25.7 Å². The standard InChI is InChI=1S/C15H27NO3/c1-15(2,18-3)8-9-19-14(17)13-10-11-6-4-5-7-12(11)16-13/h11-13,16H,4-10H2,1-3H3. The molecule has 0 aromatic heterocycles. The number of esters is 1. The van der Waals surface area contributed by atoms with E-state index in [0.717, 1.165) is 12.8 Å². The minimum atomic E-state index is -0.225. The normalized spacial score (nSPS) is 31.0. The Bertz CT molecular complexity index is 303. The molecule has 0 spiro atoms. The predicted octanol–water partition coefficient (Wildman–Crippen LogP) is 2.27. The van der Waals surface area contributed by atoms with Gasteiger partial charge in [0.2, 0.25) is 0 Å². The Morgan fingerprint density at radius 2 is 2.05 bits per heavy atom. The Morgan fingerprint density at radius 3 is 2.74 bits per heavy atom. The number of rotatable bonds is 5. The number of methoxy groups -OCH3 is 1. The summed E-state index contributed by atoms with van der Waals surface area (Å²) in [5, 5.41) is 3.45. The lowest BCUT2D eigenvalue weighted by molar-refractivity contribution is -0.147. The highest BCUT2D eigenvalue weighted by atomic mass is 16.5. The molecule has 1 saturated carbocycles. The van der Waals surface area contributed by atoms with Crippen molar-refractivity contribution in [2.45, 2.75) is 70.1 Å². The van der Waals surface area contributed by atoms with Gasteiger partial charge in [0.25, 0.3) is 0 Å². The minimum Gasteiger partial charge on any atom is -0.464 e. The monoisotopic (exact) mass is 269 g/mol. The molecule has 0 radical (unpaired) electrons. The van der Waals surface area contributed by atoms with Gasteiger partial charge in [0.05, 0.1) is 12.2 Å². The number of fused-ring (bicyclic) bond motifs is 1. The van der Waals surface area contributed by atoms with E-state index in [-0.39, 0.29) is 17.6 Å². The molecule has 2 aliphatic rings. The summed E-state index contributed by atoms with van der Waals surface area (Å²) in [5.74, 6) is 0.600. The SMILES string of the molecule is COC(C)(C)CCOC(=O)C1CC2CCCCC2N1. The van der Waals surface area contributed by atoms with Crippen LogP contribution in [-0.4, -0.2) is 37.4 Å². The van der Waals surface area contributed by atoms with E-state index in [1.807, 2.05) is 13.8 Å². The molecule has 4 heteroatoms. The third-order valence-electron chi connectivity index (χ3n) is 4.65. The Labute approximate surface area is 116 Å². The largest absolute Gasteiger partial charge is 0.464 e. The van der Waals surface area contributed by atoms with Gasteiger partial charge in [-0.1, -0.05) is 12.8 Å². The molecule has 1 saturated heterocycles. The van der Waals surface area contributed by atoms with Gasteiger partial charge in [-0.05, 0) is 39.0 Å². The van der Waals surface area contributed by atoms with Crippen LogP contribution in [0.15, 0.2) is 0 Å². The average molecular weight is 269 g/mol. The lowest BCUT2D eigenvalue weighted by atomic mass is 9.85. The first kappa shape index (κ1) is 14.8. The zero-order valence-corrected chi connectivity index (χ0v) is 12.4. The fraction of sp³-hybridized carbons (Fsp3) is 0.933. The predicted molar refractivity (Wildman–Crippen MR) is 74.0 cm³/mol. The molecule has 2 rings (SSSR count). The molecular weight excluding hydrogens is 242 g/mol. The van der Waals surface area contributed by atoms with Gasteiger partial charge in [0, 0.05) is 19.6 Å². The van der Waals surface area contributed by atoms with Crippen LogP contribution < -0.4 is 5.32 Å². The van der Waals surface area contributed by atoms with Gasteiger partial charge in [-0.3, -0.25) is 4.79 Å². The van der Waals surface area contributed by atoms with Crippen molar-refractivity contribution in [3.05, 3.63) is 0 Å². The maximum atomic E-state index is 12.0. The molecule has 1 aliphatic heterocycles. The highest BCUT2D eigenvalue weighted by Gasteiger charge is 2.38. The third-order valence-corrected chi connectivity index (χ3v) is 4.65. The summed E-state index contributed by atoms with van der Waals surface area (Å²) < 4.78 is 10.7. The summed E-state index contributed by atoms with van der Waals surface area (Å²) in [5.41, 5.74) is -0.225. The smallest absolute Gasteiger partial charge is 0.323 e. The first-order valence-electron chi connectivity index (χ1n) is 7.50. The fourth-order valence-electron chi connectivity index (χ4n) is 3.10. The Kier molecular flexibility index (Phi) is 4.85. The highest BCUT2D eigenvalue weighted by Crippen LogP contribution is 2.33. The van der Waals surface area contributed by atoms with Crippen molar-refractivity contribution < 1.29 is 14.3 Å². The molecular formula is C15H27NO3. The molecule has 0 aromatic rings. The molecule has 0 amide bonds. The maximum absolute atomic E-state index is 12.0. The van der Waals surface area contributed by atoms with Crippen LogP contribution in [0.1, 0.15) is 52.4 Å². The quantitative estimate of drug-likeness (QED) is 0.778. The highest BCUT2D eigenvalue weighted by molar-refractivity contribution is 5.76. The molecule has 1 N–H and O–H groups in total. The molecule has 0 bridgehead atoms. The lowest BCUT2D eigenvalue weighted by Crippen LogP contribution is -2.38. The second-order valence-corrected chi connectivity index (χ2v) is 6.49. The van der Waals surface area contributed by atoms with Gasteiger partial charge in [0.15, 0.2) is 0 Å². The van der Waals surface area contributed by atoms with E-state index >= 15 is 0 Å². The van der Waals surface area contributed by atoms with Gasteiger partial charge >= 0.3 is 5.97 Å². The number of hydrogen-bond donors (Lipinski definition) is 1.